The minimum atomic E-state index is -0.199. The van der Waals surface area contributed by atoms with Crippen molar-refractivity contribution in [1.82, 2.24) is 20.1 Å². The molecule has 1 aromatic heterocycles. The normalized spacial score (nSPS) is 20.1. The number of oxazole rings is 1. The molecular formula is C19H26Cl2N4O3. The van der Waals surface area contributed by atoms with Crippen LogP contribution >= 0.6 is 24.8 Å². The molecule has 1 aromatic carbocycles. The number of carbonyl (C=O) groups excluding carboxylic acids is 1. The first kappa shape index (κ1) is 22.6. The highest BCUT2D eigenvalue weighted by Crippen LogP contribution is 2.20. The van der Waals surface area contributed by atoms with E-state index >= 15 is 0 Å². The summed E-state index contributed by atoms with van der Waals surface area (Å²) < 4.78 is 11.3. The summed E-state index contributed by atoms with van der Waals surface area (Å²) in [7, 11) is 0. The summed E-state index contributed by atoms with van der Waals surface area (Å²) in [6.45, 7) is 5.65. The number of ether oxygens (including phenoxy) is 1. The van der Waals surface area contributed by atoms with E-state index in [-0.39, 0.29) is 36.8 Å². The van der Waals surface area contributed by atoms with Gasteiger partial charge < -0.3 is 19.4 Å². The number of hydrogen-bond acceptors (Lipinski definition) is 6. The smallest absolute Gasteiger partial charge is 0.242 e. The Kier molecular flexibility index (Phi) is 8.72. The summed E-state index contributed by atoms with van der Waals surface area (Å²) in [4.78, 5) is 21.1. The minimum Gasteiger partial charge on any atom is -0.439 e. The second kappa shape index (κ2) is 10.8. The van der Waals surface area contributed by atoms with Crippen molar-refractivity contribution in [3.05, 3.63) is 42.4 Å². The molecule has 1 unspecified atom stereocenters. The number of halogens is 2. The van der Waals surface area contributed by atoms with Crippen LogP contribution in [0.2, 0.25) is 0 Å². The van der Waals surface area contributed by atoms with Crippen molar-refractivity contribution in [3.63, 3.8) is 0 Å². The van der Waals surface area contributed by atoms with E-state index in [1.54, 1.807) is 6.20 Å². The molecule has 1 atom stereocenters. The Hall–Kier alpha value is -1.64. The molecule has 0 saturated carbocycles. The van der Waals surface area contributed by atoms with Gasteiger partial charge in [0, 0.05) is 38.3 Å². The Morgan fingerprint density at radius 3 is 2.57 bits per heavy atom. The summed E-state index contributed by atoms with van der Waals surface area (Å²) >= 11 is 0. The van der Waals surface area contributed by atoms with E-state index in [0.29, 0.717) is 25.6 Å². The first-order chi connectivity index (χ1) is 12.8. The molecule has 9 heteroatoms. The number of aromatic nitrogens is 1. The maximum Gasteiger partial charge on any atom is 0.242 e. The van der Waals surface area contributed by atoms with E-state index < -0.39 is 0 Å². The molecule has 3 heterocycles. The zero-order chi connectivity index (χ0) is 17.8. The standard InChI is InChI=1S/C19H24N4O3.2ClH/c24-19(16-14-25-11-6-20-16)23-9-7-22(8-10-23)13-18-21-12-17(26-18)15-4-2-1-3-5-15;;/h1-5,12,16,20H,6-11,13-14H2;2*1H. The average Bonchev–Trinajstić information content (AvgIpc) is 3.18. The maximum absolute atomic E-state index is 12.5. The molecule has 2 aromatic rings. The van der Waals surface area contributed by atoms with Gasteiger partial charge in [0.25, 0.3) is 0 Å². The van der Waals surface area contributed by atoms with E-state index in [9.17, 15) is 4.79 Å². The highest BCUT2D eigenvalue weighted by Gasteiger charge is 2.29. The Labute approximate surface area is 177 Å². The van der Waals surface area contributed by atoms with Gasteiger partial charge in [-0.1, -0.05) is 30.3 Å². The monoisotopic (exact) mass is 428 g/mol. The fourth-order valence-corrected chi connectivity index (χ4v) is 3.38. The fraction of sp³-hybridized carbons (Fsp3) is 0.474. The van der Waals surface area contributed by atoms with Gasteiger partial charge in [-0.2, -0.15) is 0 Å². The first-order valence-corrected chi connectivity index (χ1v) is 9.12. The van der Waals surface area contributed by atoms with Gasteiger partial charge in [0.1, 0.15) is 6.04 Å². The SMILES string of the molecule is Cl.Cl.O=C(C1COCCN1)N1CCN(Cc2ncc(-c3ccccc3)o2)CC1. The molecule has 0 spiro atoms. The van der Waals surface area contributed by atoms with Crippen LogP contribution in [0.3, 0.4) is 0 Å². The molecule has 2 aliphatic rings. The van der Waals surface area contributed by atoms with Crippen LogP contribution in [-0.4, -0.2) is 72.7 Å². The maximum atomic E-state index is 12.5. The van der Waals surface area contributed by atoms with Crippen LogP contribution in [0.25, 0.3) is 11.3 Å². The summed E-state index contributed by atoms with van der Waals surface area (Å²) in [6.07, 6.45) is 1.78. The first-order valence-electron chi connectivity index (χ1n) is 9.12. The molecule has 0 bridgehead atoms. The zero-order valence-corrected chi connectivity index (χ0v) is 17.2. The number of carbonyl (C=O) groups is 1. The number of amides is 1. The predicted molar refractivity (Wildman–Crippen MR) is 111 cm³/mol. The number of benzene rings is 1. The van der Waals surface area contributed by atoms with Crippen molar-refractivity contribution in [1.29, 1.82) is 0 Å². The Bertz CT molecular complexity index is 730. The Morgan fingerprint density at radius 1 is 1.14 bits per heavy atom. The van der Waals surface area contributed by atoms with Crippen LogP contribution in [0.4, 0.5) is 0 Å². The molecule has 2 saturated heterocycles. The van der Waals surface area contributed by atoms with E-state index in [1.165, 1.54) is 0 Å². The number of morpholine rings is 1. The fourth-order valence-electron chi connectivity index (χ4n) is 3.38. The van der Waals surface area contributed by atoms with Crippen LogP contribution in [-0.2, 0) is 16.1 Å². The second-order valence-electron chi connectivity index (χ2n) is 6.67. The van der Waals surface area contributed by atoms with E-state index in [2.05, 4.69) is 15.2 Å². The highest BCUT2D eigenvalue weighted by molar-refractivity contribution is 5.85. The molecule has 1 N–H and O–H groups in total. The molecule has 154 valence electrons. The lowest BCUT2D eigenvalue weighted by molar-refractivity contribution is -0.138. The van der Waals surface area contributed by atoms with E-state index in [1.807, 2.05) is 35.2 Å². The molecular weight excluding hydrogens is 403 g/mol. The average molecular weight is 429 g/mol. The van der Waals surface area contributed by atoms with Gasteiger partial charge in [0.2, 0.25) is 11.8 Å². The van der Waals surface area contributed by atoms with Gasteiger partial charge >= 0.3 is 0 Å². The zero-order valence-electron chi connectivity index (χ0n) is 15.6. The van der Waals surface area contributed by atoms with Crippen molar-refractivity contribution in [2.24, 2.45) is 0 Å². The van der Waals surface area contributed by atoms with Crippen molar-refractivity contribution >= 4 is 30.7 Å². The third-order valence-corrected chi connectivity index (χ3v) is 4.87. The summed E-state index contributed by atoms with van der Waals surface area (Å²) in [5.41, 5.74) is 1.03. The molecule has 2 fully saturated rings. The molecule has 4 rings (SSSR count). The van der Waals surface area contributed by atoms with E-state index in [4.69, 9.17) is 9.15 Å². The van der Waals surface area contributed by atoms with Crippen LogP contribution in [0, 0.1) is 0 Å². The van der Waals surface area contributed by atoms with Crippen molar-refractivity contribution in [2.75, 3.05) is 45.9 Å². The molecule has 0 aliphatic carbocycles. The lowest BCUT2D eigenvalue weighted by atomic mass is 10.2. The van der Waals surface area contributed by atoms with Gasteiger partial charge in [-0.05, 0) is 0 Å². The van der Waals surface area contributed by atoms with Crippen LogP contribution in [0.1, 0.15) is 5.89 Å². The van der Waals surface area contributed by atoms with Gasteiger partial charge in [0.05, 0.1) is 26.0 Å². The Morgan fingerprint density at radius 2 is 1.89 bits per heavy atom. The van der Waals surface area contributed by atoms with Crippen LogP contribution < -0.4 is 5.32 Å². The van der Waals surface area contributed by atoms with Crippen LogP contribution in [0.5, 0.6) is 0 Å². The predicted octanol–water partition coefficient (Wildman–Crippen LogP) is 1.82. The largest absolute Gasteiger partial charge is 0.439 e. The number of rotatable bonds is 4. The van der Waals surface area contributed by atoms with Crippen molar-refractivity contribution < 1.29 is 13.9 Å². The van der Waals surface area contributed by atoms with Crippen molar-refractivity contribution in [3.8, 4) is 11.3 Å². The minimum absolute atomic E-state index is 0. The quantitative estimate of drug-likeness (QED) is 0.800. The lowest BCUT2D eigenvalue weighted by Gasteiger charge is -2.36. The molecule has 1 amide bonds. The topological polar surface area (TPSA) is 70.8 Å². The number of nitrogens with one attached hydrogen (secondary N) is 1. The number of nitrogens with zero attached hydrogens (tertiary/aromatic N) is 3. The van der Waals surface area contributed by atoms with Gasteiger partial charge in [-0.15, -0.1) is 24.8 Å². The number of piperazine rings is 1. The third-order valence-electron chi connectivity index (χ3n) is 4.87. The van der Waals surface area contributed by atoms with E-state index in [0.717, 1.165) is 44.0 Å². The Balaban J connectivity index is 0.00000140. The third kappa shape index (κ3) is 5.46. The highest BCUT2D eigenvalue weighted by atomic mass is 35.5. The molecule has 28 heavy (non-hydrogen) atoms. The summed E-state index contributed by atoms with van der Waals surface area (Å²) in [5, 5.41) is 3.23. The van der Waals surface area contributed by atoms with Crippen LogP contribution in [0.15, 0.2) is 40.9 Å². The summed E-state index contributed by atoms with van der Waals surface area (Å²) in [6, 6.07) is 9.78. The molecule has 0 radical (unpaired) electrons. The summed E-state index contributed by atoms with van der Waals surface area (Å²) in [5.74, 6) is 1.65. The van der Waals surface area contributed by atoms with Gasteiger partial charge in [-0.25, -0.2) is 4.98 Å². The van der Waals surface area contributed by atoms with Gasteiger partial charge in [-0.3, -0.25) is 9.69 Å². The number of hydrogen-bond donors (Lipinski definition) is 1. The van der Waals surface area contributed by atoms with Gasteiger partial charge in [0.15, 0.2) is 5.76 Å². The lowest BCUT2D eigenvalue weighted by Crippen LogP contribution is -2.57. The van der Waals surface area contributed by atoms with Crippen molar-refractivity contribution in [2.45, 2.75) is 12.6 Å². The molecule has 7 nitrogen and oxygen atoms in total. The molecule has 2 aliphatic heterocycles. The second-order valence-corrected chi connectivity index (χ2v) is 6.67.